The number of thiocarbonyl (C=S) groups is 1. The summed E-state index contributed by atoms with van der Waals surface area (Å²) < 4.78 is 5.34. The highest BCUT2D eigenvalue weighted by Crippen LogP contribution is 2.27. The monoisotopic (exact) mass is 412 g/mol. The summed E-state index contributed by atoms with van der Waals surface area (Å²) in [6.45, 7) is 2.87. The maximum absolute atomic E-state index is 6.03. The van der Waals surface area contributed by atoms with E-state index in [1.807, 2.05) is 0 Å². The van der Waals surface area contributed by atoms with Crippen molar-refractivity contribution in [3.8, 4) is 0 Å². The summed E-state index contributed by atoms with van der Waals surface area (Å²) in [5.41, 5.74) is 1.44. The SMILES string of the molecule is CNc1nc(Nc2ccc(Cl)c(Cl)c2)ncc1NC(=S)N1CCOCC1. The second kappa shape index (κ2) is 8.68. The summed E-state index contributed by atoms with van der Waals surface area (Å²) in [6, 6.07) is 5.23. The molecular weight excluding hydrogens is 395 g/mol. The molecule has 0 amide bonds. The molecule has 1 saturated heterocycles. The molecule has 7 nitrogen and oxygen atoms in total. The second-order valence-corrected chi connectivity index (χ2v) is 6.69. The van der Waals surface area contributed by atoms with Crippen LogP contribution in [0, 0.1) is 0 Å². The average Bonchev–Trinajstić information content (AvgIpc) is 2.66. The topological polar surface area (TPSA) is 74.3 Å². The van der Waals surface area contributed by atoms with Crippen molar-refractivity contribution in [1.29, 1.82) is 0 Å². The lowest BCUT2D eigenvalue weighted by molar-refractivity contribution is 0.0690. The molecule has 0 unspecified atom stereocenters. The van der Waals surface area contributed by atoms with E-state index in [-0.39, 0.29) is 0 Å². The van der Waals surface area contributed by atoms with E-state index in [0.29, 0.717) is 45.8 Å². The first kappa shape index (κ1) is 18.9. The molecule has 1 aliphatic rings. The third-order valence-electron chi connectivity index (χ3n) is 3.74. The van der Waals surface area contributed by atoms with Gasteiger partial charge in [0.1, 0.15) is 5.69 Å². The lowest BCUT2D eigenvalue weighted by Gasteiger charge is -2.29. The minimum Gasteiger partial charge on any atom is -0.378 e. The quantitative estimate of drug-likeness (QED) is 0.657. The molecule has 0 spiro atoms. The van der Waals surface area contributed by atoms with Crippen LogP contribution in [0.3, 0.4) is 0 Å². The summed E-state index contributed by atoms with van der Waals surface area (Å²) in [5.74, 6) is 1.05. The lowest BCUT2D eigenvalue weighted by Crippen LogP contribution is -2.43. The highest BCUT2D eigenvalue weighted by molar-refractivity contribution is 7.80. The fourth-order valence-electron chi connectivity index (χ4n) is 2.39. The normalized spacial score (nSPS) is 14.0. The van der Waals surface area contributed by atoms with E-state index in [1.165, 1.54) is 0 Å². The fourth-order valence-corrected chi connectivity index (χ4v) is 2.98. The van der Waals surface area contributed by atoms with E-state index < -0.39 is 0 Å². The Hall–Kier alpha value is -1.87. The van der Waals surface area contributed by atoms with Crippen molar-refractivity contribution >= 4 is 63.7 Å². The van der Waals surface area contributed by atoms with Gasteiger partial charge < -0.3 is 25.6 Å². The van der Waals surface area contributed by atoms with Crippen molar-refractivity contribution in [3.63, 3.8) is 0 Å². The molecule has 3 N–H and O–H groups in total. The second-order valence-electron chi connectivity index (χ2n) is 5.49. The number of nitrogens with zero attached hydrogens (tertiary/aromatic N) is 3. The van der Waals surface area contributed by atoms with Crippen molar-refractivity contribution in [2.45, 2.75) is 0 Å². The molecule has 1 aromatic carbocycles. The predicted molar refractivity (Wildman–Crippen MR) is 110 cm³/mol. The Morgan fingerprint density at radius 1 is 1.23 bits per heavy atom. The van der Waals surface area contributed by atoms with Crippen LogP contribution in [0.1, 0.15) is 0 Å². The zero-order valence-corrected chi connectivity index (χ0v) is 16.4. The maximum atomic E-state index is 6.03. The summed E-state index contributed by atoms with van der Waals surface area (Å²) >= 11 is 17.4. The third kappa shape index (κ3) is 4.64. The molecule has 26 heavy (non-hydrogen) atoms. The first-order chi connectivity index (χ1) is 12.6. The highest BCUT2D eigenvalue weighted by atomic mass is 35.5. The van der Waals surface area contributed by atoms with Crippen LogP contribution in [0.5, 0.6) is 0 Å². The van der Waals surface area contributed by atoms with Gasteiger partial charge in [-0.2, -0.15) is 4.98 Å². The van der Waals surface area contributed by atoms with Gasteiger partial charge in [0.05, 0.1) is 29.5 Å². The first-order valence-electron chi connectivity index (χ1n) is 7.97. The van der Waals surface area contributed by atoms with E-state index in [2.05, 4.69) is 30.8 Å². The van der Waals surface area contributed by atoms with Gasteiger partial charge in [0.15, 0.2) is 10.9 Å². The van der Waals surface area contributed by atoms with Gasteiger partial charge in [-0.15, -0.1) is 0 Å². The number of morpholine rings is 1. The zero-order chi connectivity index (χ0) is 18.5. The van der Waals surface area contributed by atoms with E-state index in [1.54, 1.807) is 31.4 Å². The van der Waals surface area contributed by atoms with Crippen LogP contribution in [0.15, 0.2) is 24.4 Å². The van der Waals surface area contributed by atoms with Gasteiger partial charge in [-0.25, -0.2) is 4.98 Å². The van der Waals surface area contributed by atoms with Gasteiger partial charge in [-0.3, -0.25) is 0 Å². The van der Waals surface area contributed by atoms with E-state index in [4.69, 9.17) is 40.2 Å². The van der Waals surface area contributed by atoms with Crippen LogP contribution in [-0.2, 0) is 4.74 Å². The molecule has 2 aromatic rings. The summed E-state index contributed by atoms with van der Waals surface area (Å²) in [7, 11) is 1.79. The number of ether oxygens (including phenoxy) is 1. The molecule has 0 saturated carbocycles. The Morgan fingerprint density at radius 2 is 2.00 bits per heavy atom. The molecule has 2 heterocycles. The highest BCUT2D eigenvalue weighted by Gasteiger charge is 2.15. The molecular formula is C16H18Cl2N6OS. The molecule has 0 bridgehead atoms. The van der Waals surface area contributed by atoms with Gasteiger partial charge in [-0.05, 0) is 30.4 Å². The molecule has 1 aliphatic heterocycles. The van der Waals surface area contributed by atoms with Crippen LogP contribution in [0.2, 0.25) is 10.0 Å². The van der Waals surface area contributed by atoms with Crippen LogP contribution in [0.4, 0.5) is 23.1 Å². The van der Waals surface area contributed by atoms with Crippen molar-refractivity contribution in [2.24, 2.45) is 0 Å². The standard InChI is InChI=1S/C16H18Cl2N6OS/c1-19-14-13(22-16(26)24-4-6-25-7-5-24)9-20-15(23-14)21-10-2-3-11(17)12(18)8-10/h2-3,8-9H,4-7H2,1H3,(H,22,26)(H2,19,20,21,23). The molecule has 10 heteroatoms. The number of benzene rings is 1. The van der Waals surface area contributed by atoms with Crippen molar-refractivity contribution < 1.29 is 4.74 Å². The van der Waals surface area contributed by atoms with Gasteiger partial charge in [-0.1, -0.05) is 23.2 Å². The van der Waals surface area contributed by atoms with E-state index >= 15 is 0 Å². The minimum absolute atomic E-state index is 0.426. The number of hydrogen-bond acceptors (Lipinski definition) is 6. The number of rotatable bonds is 4. The predicted octanol–water partition coefficient (Wildman–Crippen LogP) is 3.60. The first-order valence-corrected chi connectivity index (χ1v) is 9.14. The molecule has 0 radical (unpaired) electrons. The minimum atomic E-state index is 0.426. The van der Waals surface area contributed by atoms with Gasteiger partial charge >= 0.3 is 0 Å². The van der Waals surface area contributed by atoms with Crippen LogP contribution >= 0.6 is 35.4 Å². The van der Waals surface area contributed by atoms with Gasteiger partial charge in [0.2, 0.25) is 5.95 Å². The molecule has 0 aliphatic carbocycles. The summed E-state index contributed by atoms with van der Waals surface area (Å²) in [6.07, 6.45) is 1.67. The maximum Gasteiger partial charge on any atom is 0.229 e. The summed E-state index contributed by atoms with van der Waals surface area (Å²) in [5, 5.41) is 10.9. The van der Waals surface area contributed by atoms with E-state index in [9.17, 15) is 0 Å². The number of halogens is 2. The van der Waals surface area contributed by atoms with Crippen LogP contribution < -0.4 is 16.0 Å². The lowest BCUT2D eigenvalue weighted by atomic mass is 10.3. The Bertz CT molecular complexity index is 800. The van der Waals surface area contributed by atoms with Crippen LogP contribution in [-0.4, -0.2) is 53.3 Å². The number of anilines is 4. The molecule has 3 rings (SSSR count). The van der Waals surface area contributed by atoms with Gasteiger partial charge in [0, 0.05) is 25.8 Å². The Balaban J connectivity index is 1.72. The van der Waals surface area contributed by atoms with Crippen molar-refractivity contribution in [2.75, 3.05) is 49.3 Å². The number of nitrogens with one attached hydrogen (secondary N) is 3. The largest absolute Gasteiger partial charge is 0.378 e. The molecule has 1 aromatic heterocycles. The smallest absolute Gasteiger partial charge is 0.229 e. The summed E-state index contributed by atoms with van der Waals surface area (Å²) in [4.78, 5) is 10.8. The number of hydrogen-bond donors (Lipinski definition) is 3. The Morgan fingerprint density at radius 3 is 2.69 bits per heavy atom. The fraction of sp³-hybridized carbons (Fsp3) is 0.312. The average molecular weight is 413 g/mol. The molecule has 1 fully saturated rings. The Kier molecular flexibility index (Phi) is 6.31. The third-order valence-corrected chi connectivity index (χ3v) is 4.84. The van der Waals surface area contributed by atoms with Crippen molar-refractivity contribution in [3.05, 3.63) is 34.4 Å². The van der Waals surface area contributed by atoms with Crippen molar-refractivity contribution in [1.82, 2.24) is 14.9 Å². The van der Waals surface area contributed by atoms with Crippen LogP contribution in [0.25, 0.3) is 0 Å². The molecule has 138 valence electrons. The van der Waals surface area contributed by atoms with Gasteiger partial charge in [0.25, 0.3) is 0 Å². The Labute approximate surface area is 167 Å². The number of aromatic nitrogens is 2. The zero-order valence-electron chi connectivity index (χ0n) is 14.1. The van der Waals surface area contributed by atoms with E-state index in [0.717, 1.165) is 18.8 Å². The molecule has 0 atom stereocenters.